The first kappa shape index (κ1) is 14.4. The standard InChI is InChI=1S/C15H25NS2/c1-11-9-14(13(3)18-11)12(2)16-10-15(17-4)7-5-6-8-15/h9,12,16H,5-8,10H2,1-4H3. The summed E-state index contributed by atoms with van der Waals surface area (Å²) in [6.07, 6.45) is 7.86. The van der Waals surface area contributed by atoms with Crippen molar-refractivity contribution < 1.29 is 0 Å². The van der Waals surface area contributed by atoms with Crippen molar-refractivity contribution in [3.05, 3.63) is 21.4 Å². The van der Waals surface area contributed by atoms with Gasteiger partial charge in [-0.15, -0.1) is 11.3 Å². The Morgan fingerprint density at radius 3 is 2.56 bits per heavy atom. The molecule has 1 heterocycles. The van der Waals surface area contributed by atoms with E-state index in [0.29, 0.717) is 10.8 Å². The van der Waals surface area contributed by atoms with Gasteiger partial charge >= 0.3 is 0 Å². The van der Waals surface area contributed by atoms with E-state index in [0.717, 1.165) is 6.54 Å². The van der Waals surface area contributed by atoms with Crippen LogP contribution in [0.3, 0.4) is 0 Å². The van der Waals surface area contributed by atoms with Gasteiger partial charge in [0.05, 0.1) is 0 Å². The lowest BCUT2D eigenvalue weighted by Crippen LogP contribution is -2.36. The molecule has 0 spiro atoms. The Morgan fingerprint density at radius 2 is 2.06 bits per heavy atom. The number of aryl methyl sites for hydroxylation is 2. The van der Waals surface area contributed by atoms with Crippen LogP contribution in [0.5, 0.6) is 0 Å². The molecule has 1 aromatic rings. The average Bonchev–Trinajstić information content (AvgIpc) is 2.94. The number of hydrogen-bond donors (Lipinski definition) is 1. The van der Waals surface area contributed by atoms with E-state index in [2.05, 4.69) is 50.2 Å². The highest BCUT2D eigenvalue weighted by molar-refractivity contribution is 8.00. The molecule has 3 heteroatoms. The maximum absolute atomic E-state index is 3.77. The molecule has 1 nitrogen and oxygen atoms in total. The maximum Gasteiger partial charge on any atom is 0.0303 e. The van der Waals surface area contributed by atoms with Crippen molar-refractivity contribution in [3.63, 3.8) is 0 Å². The quantitative estimate of drug-likeness (QED) is 0.841. The Hall–Kier alpha value is 0.01000. The Labute approximate surface area is 120 Å². The summed E-state index contributed by atoms with van der Waals surface area (Å²) in [5, 5.41) is 3.77. The number of thiophene rings is 1. The van der Waals surface area contributed by atoms with Crippen molar-refractivity contribution in [2.75, 3.05) is 12.8 Å². The van der Waals surface area contributed by atoms with Gasteiger partial charge in [0.2, 0.25) is 0 Å². The van der Waals surface area contributed by atoms with E-state index >= 15 is 0 Å². The number of hydrogen-bond acceptors (Lipinski definition) is 3. The van der Waals surface area contributed by atoms with Crippen LogP contribution in [0.4, 0.5) is 0 Å². The predicted molar refractivity (Wildman–Crippen MR) is 84.9 cm³/mol. The molecule has 18 heavy (non-hydrogen) atoms. The lowest BCUT2D eigenvalue weighted by Gasteiger charge is -2.29. The van der Waals surface area contributed by atoms with E-state index in [-0.39, 0.29) is 0 Å². The van der Waals surface area contributed by atoms with Crippen molar-refractivity contribution in [2.24, 2.45) is 0 Å². The molecule has 102 valence electrons. The van der Waals surface area contributed by atoms with E-state index in [1.165, 1.54) is 41.0 Å². The second-order valence-electron chi connectivity index (χ2n) is 5.57. The molecule has 0 saturated heterocycles. The van der Waals surface area contributed by atoms with Gasteiger partial charge in [0.1, 0.15) is 0 Å². The first-order chi connectivity index (χ1) is 8.56. The third kappa shape index (κ3) is 3.12. The monoisotopic (exact) mass is 283 g/mol. The van der Waals surface area contributed by atoms with Crippen LogP contribution in [0.1, 0.15) is 54.0 Å². The highest BCUT2D eigenvalue weighted by atomic mass is 32.2. The largest absolute Gasteiger partial charge is 0.309 e. The Bertz CT molecular complexity index is 391. The van der Waals surface area contributed by atoms with Crippen LogP contribution in [0, 0.1) is 13.8 Å². The van der Waals surface area contributed by atoms with Crippen molar-refractivity contribution in [1.82, 2.24) is 5.32 Å². The number of rotatable bonds is 5. The summed E-state index contributed by atoms with van der Waals surface area (Å²) in [6.45, 7) is 7.90. The first-order valence-electron chi connectivity index (χ1n) is 6.92. The van der Waals surface area contributed by atoms with Crippen LogP contribution in [0.25, 0.3) is 0 Å². The van der Waals surface area contributed by atoms with E-state index in [9.17, 15) is 0 Å². The minimum Gasteiger partial charge on any atom is -0.309 e. The fourth-order valence-electron chi connectivity index (χ4n) is 3.00. The van der Waals surface area contributed by atoms with E-state index < -0.39 is 0 Å². The van der Waals surface area contributed by atoms with E-state index in [1.807, 2.05) is 11.3 Å². The van der Waals surface area contributed by atoms with Gasteiger partial charge in [-0.05, 0) is 51.5 Å². The Morgan fingerprint density at radius 1 is 1.39 bits per heavy atom. The maximum atomic E-state index is 3.77. The molecule has 0 radical (unpaired) electrons. The van der Waals surface area contributed by atoms with Crippen LogP contribution >= 0.6 is 23.1 Å². The second kappa shape index (κ2) is 5.98. The van der Waals surface area contributed by atoms with Gasteiger partial charge in [0.25, 0.3) is 0 Å². The molecule has 1 fully saturated rings. The third-order valence-electron chi connectivity index (χ3n) is 4.22. The molecular weight excluding hydrogens is 258 g/mol. The number of nitrogens with one attached hydrogen (secondary N) is 1. The molecule has 0 amide bonds. The summed E-state index contributed by atoms with van der Waals surface area (Å²) < 4.78 is 0.507. The molecule has 2 rings (SSSR count). The molecule has 0 aliphatic heterocycles. The predicted octanol–water partition coefficient (Wildman–Crippen LogP) is 4.69. The van der Waals surface area contributed by atoms with Crippen molar-refractivity contribution in [1.29, 1.82) is 0 Å². The summed E-state index contributed by atoms with van der Waals surface area (Å²) in [5.74, 6) is 0. The van der Waals surface area contributed by atoms with Crippen molar-refractivity contribution in [3.8, 4) is 0 Å². The molecule has 1 saturated carbocycles. The van der Waals surface area contributed by atoms with Gasteiger partial charge in [0.15, 0.2) is 0 Å². The van der Waals surface area contributed by atoms with Gasteiger partial charge in [-0.3, -0.25) is 0 Å². The highest BCUT2D eigenvalue weighted by Gasteiger charge is 2.33. The molecule has 0 aromatic carbocycles. The smallest absolute Gasteiger partial charge is 0.0303 e. The molecule has 1 aliphatic carbocycles. The average molecular weight is 284 g/mol. The summed E-state index contributed by atoms with van der Waals surface area (Å²) >= 11 is 3.98. The van der Waals surface area contributed by atoms with Crippen molar-refractivity contribution >= 4 is 23.1 Å². The zero-order valence-corrected chi connectivity index (χ0v) is 13.6. The molecule has 1 atom stereocenters. The van der Waals surface area contributed by atoms with E-state index in [1.54, 1.807) is 0 Å². The van der Waals surface area contributed by atoms with Crippen LogP contribution in [-0.4, -0.2) is 17.5 Å². The summed E-state index contributed by atoms with van der Waals surface area (Å²) in [5.41, 5.74) is 1.49. The summed E-state index contributed by atoms with van der Waals surface area (Å²) in [4.78, 5) is 2.90. The Kier molecular flexibility index (Phi) is 4.79. The van der Waals surface area contributed by atoms with Gasteiger partial charge in [-0.1, -0.05) is 12.8 Å². The van der Waals surface area contributed by atoms with Gasteiger partial charge in [-0.2, -0.15) is 11.8 Å². The van der Waals surface area contributed by atoms with Crippen LogP contribution in [0.15, 0.2) is 6.07 Å². The normalized spacial score (nSPS) is 20.2. The lowest BCUT2D eigenvalue weighted by atomic mass is 10.0. The fourth-order valence-corrected chi connectivity index (χ4v) is 4.95. The molecular formula is C15H25NS2. The fraction of sp³-hybridized carbons (Fsp3) is 0.733. The van der Waals surface area contributed by atoms with Crippen LogP contribution in [0.2, 0.25) is 0 Å². The molecule has 1 aromatic heterocycles. The van der Waals surface area contributed by atoms with Crippen LogP contribution in [-0.2, 0) is 0 Å². The summed E-state index contributed by atoms with van der Waals surface area (Å²) in [6, 6.07) is 2.83. The second-order valence-corrected chi connectivity index (χ2v) is 8.30. The van der Waals surface area contributed by atoms with Crippen molar-refractivity contribution in [2.45, 2.75) is 57.2 Å². The zero-order valence-electron chi connectivity index (χ0n) is 12.0. The van der Waals surface area contributed by atoms with Gasteiger partial charge in [-0.25, -0.2) is 0 Å². The SMILES string of the molecule is CSC1(CNC(C)c2cc(C)sc2C)CCCC1. The van der Waals surface area contributed by atoms with Crippen LogP contribution < -0.4 is 5.32 Å². The molecule has 1 N–H and O–H groups in total. The van der Waals surface area contributed by atoms with E-state index in [4.69, 9.17) is 0 Å². The van der Waals surface area contributed by atoms with Gasteiger partial charge < -0.3 is 5.32 Å². The topological polar surface area (TPSA) is 12.0 Å². The molecule has 0 bridgehead atoms. The highest BCUT2D eigenvalue weighted by Crippen LogP contribution is 2.40. The number of thioether (sulfide) groups is 1. The molecule has 1 unspecified atom stereocenters. The first-order valence-corrected chi connectivity index (χ1v) is 8.96. The molecule has 1 aliphatic rings. The van der Waals surface area contributed by atoms with Gasteiger partial charge in [0, 0.05) is 27.1 Å². The Balaban J connectivity index is 1.95. The minimum atomic E-state index is 0.486. The summed E-state index contributed by atoms with van der Waals surface area (Å²) in [7, 11) is 0. The third-order valence-corrected chi connectivity index (χ3v) is 6.62. The lowest BCUT2D eigenvalue weighted by molar-refractivity contribution is 0.486. The minimum absolute atomic E-state index is 0.486. The zero-order chi connectivity index (χ0) is 13.2.